The summed E-state index contributed by atoms with van der Waals surface area (Å²) < 4.78 is 1.56. The maximum Gasteiger partial charge on any atom is -0.147 e. The van der Waals surface area contributed by atoms with Gasteiger partial charge in [-0.25, -0.2) is 0 Å². The number of halogens is 2. The summed E-state index contributed by atoms with van der Waals surface area (Å²) in [5, 5.41) is 0.730. The van der Waals surface area contributed by atoms with Gasteiger partial charge in [-0.2, -0.15) is 0 Å². The number of hydrogen-bond donors (Lipinski definition) is 0. The molecule has 75 valence electrons. The van der Waals surface area contributed by atoms with Gasteiger partial charge in [0.2, 0.25) is 0 Å². The summed E-state index contributed by atoms with van der Waals surface area (Å²) in [6, 6.07) is 0. The minimum absolute atomic E-state index is 0. The van der Waals surface area contributed by atoms with Gasteiger partial charge >= 0.3 is 85.1 Å². The second-order valence-electron chi connectivity index (χ2n) is 2.67. The Balaban J connectivity index is 0. The first-order valence-corrected chi connectivity index (χ1v) is 6.00. The Labute approximate surface area is 109 Å². The van der Waals surface area contributed by atoms with Gasteiger partial charge in [-0.05, 0) is 0 Å². The van der Waals surface area contributed by atoms with Crippen LogP contribution in [0, 0.1) is 0 Å². The van der Waals surface area contributed by atoms with Crippen LogP contribution >= 0.6 is 36.6 Å². The van der Waals surface area contributed by atoms with Crippen LogP contribution in [-0.2, 0) is 20.4 Å². The topological polar surface area (TPSA) is 0 Å². The van der Waals surface area contributed by atoms with Gasteiger partial charge in [-0.1, -0.05) is 0 Å². The molecule has 0 heterocycles. The van der Waals surface area contributed by atoms with Gasteiger partial charge in [-0.15, -0.1) is 24.8 Å². The molecule has 1 aliphatic carbocycles. The van der Waals surface area contributed by atoms with Gasteiger partial charge in [-0.3, -0.25) is 0 Å². The standard InChI is InChI=1S/C9H13S.2ClH.Ti/c1-3-9(10-2)8-6-4-5-7-8;;;/h4,6,9H,3,5H2,1-2H3;2*1H;. The zero-order valence-electron chi connectivity index (χ0n) is 7.87. The Bertz CT molecular complexity index is 198. The molecule has 0 radical (unpaired) electrons. The molecule has 0 aliphatic heterocycles. The molecule has 0 aromatic carbocycles. The molecule has 1 unspecified atom stereocenters. The molecule has 0 fully saturated rings. The number of thioether (sulfide) groups is 1. The van der Waals surface area contributed by atoms with Crippen LogP contribution in [0.15, 0.2) is 21.6 Å². The fourth-order valence-electron chi connectivity index (χ4n) is 1.34. The van der Waals surface area contributed by atoms with E-state index in [1.807, 2.05) is 11.8 Å². The van der Waals surface area contributed by atoms with Crippen molar-refractivity contribution in [2.45, 2.75) is 25.0 Å². The summed E-state index contributed by atoms with van der Waals surface area (Å²) in [6.07, 6.45) is 9.18. The van der Waals surface area contributed by atoms with E-state index in [1.165, 1.54) is 12.8 Å². The third kappa shape index (κ3) is 4.44. The Kier molecular flexibility index (Phi) is 10.7. The van der Waals surface area contributed by atoms with Gasteiger partial charge in [0.1, 0.15) is 0 Å². The van der Waals surface area contributed by atoms with E-state index in [4.69, 9.17) is 0 Å². The number of rotatable bonds is 3. The summed E-state index contributed by atoms with van der Waals surface area (Å²) in [5.74, 6) is 0. The first-order valence-electron chi connectivity index (χ1n) is 3.93. The van der Waals surface area contributed by atoms with Crippen LogP contribution in [0.5, 0.6) is 0 Å². The molecule has 0 aromatic rings. The minimum atomic E-state index is 0. The molecule has 0 saturated carbocycles. The largest absolute Gasteiger partial charge is 0.147 e. The fraction of sp³-hybridized carbons (Fsp3) is 0.556. The molecule has 0 amide bonds. The van der Waals surface area contributed by atoms with Gasteiger partial charge in [0, 0.05) is 0 Å². The van der Waals surface area contributed by atoms with Crippen molar-refractivity contribution >= 4 is 36.6 Å². The molecule has 0 bridgehead atoms. The Morgan fingerprint density at radius 1 is 1.54 bits per heavy atom. The van der Waals surface area contributed by atoms with Crippen LogP contribution in [0.4, 0.5) is 0 Å². The van der Waals surface area contributed by atoms with Crippen LogP contribution < -0.4 is 0 Å². The molecule has 1 atom stereocenters. The van der Waals surface area contributed by atoms with E-state index < -0.39 is 0 Å². The maximum atomic E-state index is 2.29. The monoisotopic (exact) mass is 273 g/mol. The van der Waals surface area contributed by atoms with E-state index in [1.54, 1.807) is 9.45 Å². The minimum Gasteiger partial charge on any atom is -0.147 e. The zero-order valence-corrected chi connectivity index (χ0v) is 11.9. The van der Waals surface area contributed by atoms with Gasteiger partial charge < -0.3 is 0 Å². The quantitative estimate of drug-likeness (QED) is 0.706. The molecule has 1 aliphatic rings. The van der Waals surface area contributed by atoms with Crippen LogP contribution in [0.3, 0.4) is 0 Å². The van der Waals surface area contributed by atoms with Crippen molar-refractivity contribution in [3.05, 3.63) is 21.6 Å². The Morgan fingerprint density at radius 3 is 2.46 bits per heavy atom. The molecule has 0 aromatic heterocycles. The van der Waals surface area contributed by atoms with Crippen LogP contribution in [0.2, 0.25) is 0 Å². The molecular formula is C9H15Cl2STi. The van der Waals surface area contributed by atoms with Crippen molar-refractivity contribution in [2.75, 3.05) is 6.26 Å². The van der Waals surface area contributed by atoms with Crippen molar-refractivity contribution in [1.82, 2.24) is 0 Å². The number of allylic oxidation sites excluding steroid dienone is 3. The van der Waals surface area contributed by atoms with Gasteiger partial charge in [0.05, 0.1) is 0 Å². The molecule has 0 N–H and O–H groups in total. The Morgan fingerprint density at radius 2 is 2.15 bits per heavy atom. The normalized spacial score (nSPS) is 16.4. The van der Waals surface area contributed by atoms with Crippen molar-refractivity contribution < 1.29 is 20.4 Å². The summed E-state index contributed by atoms with van der Waals surface area (Å²) in [7, 11) is 0. The molecule has 0 spiro atoms. The summed E-state index contributed by atoms with van der Waals surface area (Å²) in [4.78, 5) is 0. The summed E-state index contributed by atoms with van der Waals surface area (Å²) in [6.45, 7) is 2.26. The molecule has 0 saturated heterocycles. The van der Waals surface area contributed by atoms with Crippen LogP contribution in [-0.4, -0.2) is 11.5 Å². The molecule has 0 nitrogen and oxygen atoms in total. The van der Waals surface area contributed by atoms with E-state index in [9.17, 15) is 0 Å². The third-order valence-electron chi connectivity index (χ3n) is 1.97. The third-order valence-corrected chi connectivity index (χ3v) is 3.90. The van der Waals surface area contributed by atoms with E-state index in [0.29, 0.717) is 0 Å². The van der Waals surface area contributed by atoms with Gasteiger partial charge in [0.15, 0.2) is 0 Å². The Hall–Kier alpha value is 1.12. The predicted molar refractivity (Wildman–Crippen MR) is 62.9 cm³/mol. The van der Waals surface area contributed by atoms with Crippen LogP contribution in [0.25, 0.3) is 0 Å². The smallest absolute Gasteiger partial charge is 0.147 e. The SMILES string of the molecule is CCC(SC)C1=[C]([Ti])CC=C1.Cl.Cl. The molecular weight excluding hydrogens is 259 g/mol. The van der Waals surface area contributed by atoms with Gasteiger partial charge in [0.25, 0.3) is 0 Å². The second kappa shape index (κ2) is 8.43. The fourth-order valence-corrected chi connectivity index (χ4v) is 2.90. The van der Waals surface area contributed by atoms with Crippen molar-refractivity contribution in [1.29, 1.82) is 0 Å². The van der Waals surface area contributed by atoms with Crippen molar-refractivity contribution in [3.63, 3.8) is 0 Å². The first kappa shape index (κ1) is 16.6. The van der Waals surface area contributed by atoms with Crippen molar-refractivity contribution in [3.8, 4) is 0 Å². The van der Waals surface area contributed by atoms with E-state index in [-0.39, 0.29) is 24.8 Å². The van der Waals surface area contributed by atoms with Crippen LogP contribution in [0.1, 0.15) is 19.8 Å². The average molecular weight is 274 g/mol. The molecule has 13 heavy (non-hydrogen) atoms. The summed E-state index contributed by atoms with van der Waals surface area (Å²) >= 11 is 4.21. The number of hydrogen-bond acceptors (Lipinski definition) is 1. The average Bonchev–Trinajstić information content (AvgIpc) is 2.40. The predicted octanol–water partition coefficient (Wildman–Crippen LogP) is 3.73. The molecule has 1 rings (SSSR count). The summed E-state index contributed by atoms with van der Waals surface area (Å²) in [5.41, 5.74) is 1.57. The molecule has 4 heteroatoms. The first-order chi connectivity index (χ1) is 5.29. The second-order valence-corrected chi connectivity index (χ2v) is 4.66. The van der Waals surface area contributed by atoms with E-state index >= 15 is 0 Å². The van der Waals surface area contributed by atoms with E-state index in [0.717, 1.165) is 5.25 Å². The van der Waals surface area contributed by atoms with Crippen molar-refractivity contribution in [2.24, 2.45) is 0 Å². The van der Waals surface area contributed by atoms with E-state index in [2.05, 4.69) is 45.8 Å². The maximum absolute atomic E-state index is 2.29. The zero-order chi connectivity index (χ0) is 8.27.